The number of amides is 1. The molecule has 2 aromatic carbocycles. The molecule has 0 saturated carbocycles. The number of benzene rings is 2. The van der Waals surface area contributed by atoms with Crippen molar-refractivity contribution in [3.8, 4) is 11.5 Å². The van der Waals surface area contributed by atoms with Gasteiger partial charge < -0.3 is 23.6 Å². The number of nitrogens with zero attached hydrogens (tertiary/aromatic N) is 1. The molecule has 4 aromatic rings. The Morgan fingerprint density at radius 1 is 1.03 bits per heavy atom. The highest BCUT2D eigenvalue weighted by atomic mass is 16.5. The molecule has 7 heteroatoms. The maximum atomic E-state index is 13.1. The average molecular weight is 475 g/mol. The van der Waals surface area contributed by atoms with E-state index in [1.807, 2.05) is 42.5 Å². The Morgan fingerprint density at radius 2 is 1.83 bits per heavy atom. The van der Waals surface area contributed by atoms with E-state index in [1.165, 1.54) is 6.26 Å². The van der Waals surface area contributed by atoms with Crippen LogP contribution >= 0.6 is 0 Å². The van der Waals surface area contributed by atoms with Gasteiger partial charge in [-0.15, -0.1) is 0 Å². The van der Waals surface area contributed by atoms with Gasteiger partial charge in [-0.3, -0.25) is 9.69 Å². The van der Waals surface area contributed by atoms with Gasteiger partial charge in [0.15, 0.2) is 23.0 Å². The van der Waals surface area contributed by atoms with E-state index in [0.717, 1.165) is 36.9 Å². The van der Waals surface area contributed by atoms with Crippen LogP contribution in [0.1, 0.15) is 47.7 Å². The first-order valence-electron chi connectivity index (χ1n) is 11.9. The number of anilines is 1. The van der Waals surface area contributed by atoms with Gasteiger partial charge in [0.05, 0.1) is 32.2 Å². The predicted molar refractivity (Wildman–Crippen MR) is 134 cm³/mol. The summed E-state index contributed by atoms with van der Waals surface area (Å²) in [5.74, 6) is 2.54. The summed E-state index contributed by atoms with van der Waals surface area (Å²) in [4.78, 5) is 15.5. The quantitative estimate of drug-likeness (QED) is 0.348. The van der Waals surface area contributed by atoms with Crippen molar-refractivity contribution < 1.29 is 23.1 Å². The number of likely N-dealkylation sites (tertiary alicyclic amines) is 1. The largest absolute Gasteiger partial charge is 0.493 e. The highest BCUT2D eigenvalue weighted by Gasteiger charge is 2.35. The molecule has 7 nitrogen and oxygen atoms in total. The van der Waals surface area contributed by atoms with Crippen molar-refractivity contribution in [3.05, 3.63) is 77.9 Å². The molecule has 0 radical (unpaired) electrons. The minimum Gasteiger partial charge on any atom is -0.493 e. The van der Waals surface area contributed by atoms with Crippen LogP contribution in [0, 0.1) is 5.92 Å². The first-order valence-corrected chi connectivity index (χ1v) is 11.9. The van der Waals surface area contributed by atoms with Crippen LogP contribution in [0.25, 0.3) is 11.0 Å². The Balaban J connectivity index is 1.69. The zero-order valence-corrected chi connectivity index (χ0v) is 20.2. The van der Waals surface area contributed by atoms with Crippen LogP contribution in [0.15, 0.2) is 69.7 Å². The summed E-state index contributed by atoms with van der Waals surface area (Å²) in [6, 6.07) is 16.7. The Morgan fingerprint density at radius 3 is 2.54 bits per heavy atom. The Kier molecular flexibility index (Phi) is 6.51. The van der Waals surface area contributed by atoms with E-state index in [4.69, 9.17) is 18.3 Å². The average Bonchev–Trinajstić information content (AvgIpc) is 3.54. The lowest BCUT2D eigenvalue weighted by molar-refractivity contribution is 0.0995. The number of piperidine rings is 1. The first kappa shape index (κ1) is 23.1. The molecule has 0 bridgehead atoms. The van der Waals surface area contributed by atoms with Crippen molar-refractivity contribution in [3.63, 3.8) is 0 Å². The summed E-state index contributed by atoms with van der Waals surface area (Å²) in [6.45, 7) is 4.08. The molecule has 1 saturated heterocycles. The van der Waals surface area contributed by atoms with E-state index in [2.05, 4.69) is 17.1 Å². The lowest BCUT2D eigenvalue weighted by atomic mass is 9.93. The molecule has 1 N–H and O–H groups in total. The SMILES string of the molecule is COc1cccc([C@H](c2oc3ccccc3c2NC(=O)c2ccco2)N2CCC(C)CC2)c1OC. The fraction of sp³-hybridized carbons (Fsp3) is 0.321. The van der Waals surface area contributed by atoms with Crippen molar-refractivity contribution in [2.45, 2.75) is 25.8 Å². The number of carbonyl (C=O) groups excluding carboxylic acids is 1. The monoisotopic (exact) mass is 474 g/mol. The summed E-state index contributed by atoms with van der Waals surface area (Å²) in [6.07, 6.45) is 3.65. The number of hydrogen-bond donors (Lipinski definition) is 1. The number of furan rings is 2. The van der Waals surface area contributed by atoms with E-state index in [1.54, 1.807) is 26.4 Å². The Hall–Kier alpha value is -3.71. The first-order chi connectivity index (χ1) is 17.1. The maximum absolute atomic E-state index is 13.1. The van der Waals surface area contributed by atoms with E-state index >= 15 is 0 Å². The molecular formula is C28H30N2O5. The Bertz CT molecular complexity index is 1300. The zero-order valence-electron chi connectivity index (χ0n) is 20.2. The van der Waals surface area contributed by atoms with Crippen LogP contribution in [0.2, 0.25) is 0 Å². The summed E-state index contributed by atoms with van der Waals surface area (Å²) < 4.78 is 23.3. The number of ether oxygens (including phenoxy) is 2. The smallest absolute Gasteiger partial charge is 0.291 e. The maximum Gasteiger partial charge on any atom is 0.291 e. The molecule has 3 heterocycles. The highest BCUT2D eigenvalue weighted by Crippen LogP contribution is 2.46. The topological polar surface area (TPSA) is 77.1 Å². The second kappa shape index (κ2) is 9.88. The van der Waals surface area contributed by atoms with Crippen LogP contribution in [0.4, 0.5) is 5.69 Å². The van der Waals surface area contributed by atoms with Crippen molar-refractivity contribution in [1.29, 1.82) is 0 Å². The molecule has 5 rings (SSSR count). The van der Waals surface area contributed by atoms with Gasteiger partial charge in [0, 0.05) is 10.9 Å². The predicted octanol–water partition coefficient (Wildman–Crippen LogP) is 6.12. The molecule has 2 aromatic heterocycles. The standard InChI is InChI=1S/C28H30N2O5/c1-18-13-15-30(16-14-18)25(20-9-6-11-22(32-2)26(20)33-3)27-24(19-8-4-5-10-21(19)35-27)29-28(31)23-12-7-17-34-23/h4-12,17-18,25H,13-16H2,1-3H3,(H,29,31)/t25-/m1/s1. The number of fused-ring (bicyclic) bond motifs is 1. The number of nitrogens with one attached hydrogen (secondary N) is 1. The van der Waals surface area contributed by atoms with Gasteiger partial charge in [-0.25, -0.2) is 0 Å². The molecular weight excluding hydrogens is 444 g/mol. The second-order valence-electron chi connectivity index (χ2n) is 8.97. The van der Waals surface area contributed by atoms with Gasteiger partial charge in [-0.05, 0) is 62.2 Å². The fourth-order valence-electron chi connectivity index (χ4n) is 4.89. The highest BCUT2D eigenvalue weighted by molar-refractivity contribution is 6.08. The molecule has 182 valence electrons. The second-order valence-corrected chi connectivity index (χ2v) is 8.97. The van der Waals surface area contributed by atoms with Gasteiger partial charge in [-0.1, -0.05) is 31.2 Å². The number of methoxy groups -OCH3 is 2. The van der Waals surface area contributed by atoms with Crippen molar-refractivity contribution >= 4 is 22.6 Å². The van der Waals surface area contributed by atoms with Gasteiger partial charge in [0.25, 0.3) is 5.91 Å². The van der Waals surface area contributed by atoms with Gasteiger partial charge in [0.2, 0.25) is 0 Å². The summed E-state index contributed by atoms with van der Waals surface area (Å²) in [7, 11) is 3.28. The molecule has 0 spiro atoms. The minimum atomic E-state index is -0.327. The van der Waals surface area contributed by atoms with E-state index < -0.39 is 0 Å². The summed E-state index contributed by atoms with van der Waals surface area (Å²) in [5, 5.41) is 3.91. The third-order valence-corrected chi connectivity index (χ3v) is 6.77. The van der Waals surface area contributed by atoms with Crippen LogP contribution in [-0.2, 0) is 0 Å². The lowest BCUT2D eigenvalue weighted by Gasteiger charge is -2.37. The number of para-hydroxylation sites is 2. The molecule has 1 aliphatic heterocycles. The lowest BCUT2D eigenvalue weighted by Crippen LogP contribution is -2.37. The summed E-state index contributed by atoms with van der Waals surface area (Å²) in [5.41, 5.74) is 2.26. The molecule has 1 atom stereocenters. The molecule has 0 aliphatic carbocycles. The van der Waals surface area contributed by atoms with Gasteiger partial charge in [0.1, 0.15) is 5.58 Å². The molecule has 1 aliphatic rings. The van der Waals surface area contributed by atoms with Crippen molar-refractivity contribution in [2.75, 3.05) is 32.6 Å². The van der Waals surface area contributed by atoms with E-state index in [9.17, 15) is 4.79 Å². The molecule has 0 unspecified atom stereocenters. The normalized spacial score (nSPS) is 15.7. The third kappa shape index (κ3) is 4.39. The van der Waals surface area contributed by atoms with E-state index in [-0.39, 0.29) is 17.7 Å². The van der Waals surface area contributed by atoms with Crippen LogP contribution in [0.5, 0.6) is 11.5 Å². The summed E-state index contributed by atoms with van der Waals surface area (Å²) >= 11 is 0. The van der Waals surface area contributed by atoms with Crippen molar-refractivity contribution in [1.82, 2.24) is 4.90 Å². The minimum absolute atomic E-state index is 0.239. The fourth-order valence-corrected chi connectivity index (χ4v) is 4.89. The Labute approximate surface area is 204 Å². The van der Waals surface area contributed by atoms with Crippen molar-refractivity contribution in [2.24, 2.45) is 5.92 Å². The van der Waals surface area contributed by atoms with Crippen LogP contribution in [0.3, 0.4) is 0 Å². The van der Waals surface area contributed by atoms with Crippen LogP contribution < -0.4 is 14.8 Å². The zero-order chi connectivity index (χ0) is 24.4. The van der Waals surface area contributed by atoms with Gasteiger partial charge >= 0.3 is 0 Å². The molecule has 1 amide bonds. The number of rotatable bonds is 7. The van der Waals surface area contributed by atoms with E-state index in [0.29, 0.717) is 34.4 Å². The van der Waals surface area contributed by atoms with Gasteiger partial charge in [-0.2, -0.15) is 0 Å². The molecule has 35 heavy (non-hydrogen) atoms. The molecule has 1 fully saturated rings. The van der Waals surface area contributed by atoms with Crippen LogP contribution in [-0.4, -0.2) is 38.1 Å². The number of hydrogen-bond acceptors (Lipinski definition) is 6. The third-order valence-electron chi connectivity index (χ3n) is 6.77. The number of carbonyl (C=O) groups is 1.